The Labute approximate surface area is 95.0 Å². The minimum Gasteiger partial charge on any atom is -0.212 e. The Morgan fingerprint density at radius 3 is 2.57 bits per heavy atom. The van der Waals surface area contributed by atoms with Gasteiger partial charge in [0.1, 0.15) is 0 Å². The molecule has 1 saturated heterocycles. The van der Waals surface area contributed by atoms with Gasteiger partial charge in [-0.05, 0) is 30.8 Å². The number of nitrogens with one attached hydrogen (secondary N) is 1. The van der Waals surface area contributed by atoms with Crippen LogP contribution in [0, 0.1) is 0 Å². The largest absolute Gasteiger partial charge is 0.212 e. The highest BCUT2D eigenvalue weighted by molar-refractivity contribution is 7.99. The minimum atomic E-state index is -3.09. The number of rotatable bonds is 5. The van der Waals surface area contributed by atoms with E-state index >= 15 is 0 Å². The van der Waals surface area contributed by atoms with E-state index in [1.54, 1.807) is 0 Å². The average molecular weight is 258 g/mol. The van der Waals surface area contributed by atoms with E-state index in [1.165, 1.54) is 0 Å². The zero-order valence-electron chi connectivity index (χ0n) is 8.04. The lowest BCUT2D eigenvalue weighted by Crippen LogP contribution is -2.38. The lowest BCUT2D eigenvalue weighted by molar-refractivity contribution is 0.528. The van der Waals surface area contributed by atoms with E-state index in [0.717, 1.165) is 24.3 Å². The summed E-state index contributed by atoms with van der Waals surface area (Å²) in [6.07, 6.45) is 2.42. The maximum atomic E-state index is 11.5. The SMILES string of the molecule is O=S(=O)(CCCCl)NC1CCSCC1. The summed E-state index contributed by atoms with van der Waals surface area (Å²) in [6.45, 7) is 0. The molecule has 0 unspecified atom stereocenters. The van der Waals surface area contributed by atoms with Gasteiger partial charge in [0, 0.05) is 11.9 Å². The first-order valence-corrected chi connectivity index (χ1v) is 8.12. The van der Waals surface area contributed by atoms with Gasteiger partial charge in [-0.25, -0.2) is 13.1 Å². The maximum absolute atomic E-state index is 11.5. The van der Waals surface area contributed by atoms with Crippen LogP contribution in [0.2, 0.25) is 0 Å². The van der Waals surface area contributed by atoms with Gasteiger partial charge in [-0.1, -0.05) is 0 Å². The normalized spacial score (nSPS) is 19.8. The molecule has 0 aromatic carbocycles. The highest BCUT2D eigenvalue weighted by Crippen LogP contribution is 2.17. The van der Waals surface area contributed by atoms with Gasteiger partial charge in [0.15, 0.2) is 0 Å². The van der Waals surface area contributed by atoms with Crippen LogP contribution in [-0.4, -0.2) is 37.6 Å². The van der Waals surface area contributed by atoms with Crippen molar-refractivity contribution in [1.29, 1.82) is 0 Å². The summed E-state index contributed by atoms with van der Waals surface area (Å²) < 4.78 is 25.7. The monoisotopic (exact) mass is 257 g/mol. The third kappa shape index (κ3) is 4.87. The van der Waals surface area contributed by atoms with Gasteiger partial charge in [0.05, 0.1) is 5.75 Å². The fraction of sp³-hybridized carbons (Fsp3) is 1.00. The van der Waals surface area contributed by atoms with Crippen molar-refractivity contribution in [2.45, 2.75) is 25.3 Å². The molecule has 1 rings (SSSR count). The van der Waals surface area contributed by atoms with E-state index < -0.39 is 10.0 Å². The molecule has 0 amide bonds. The van der Waals surface area contributed by atoms with Crippen LogP contribution < -0.4 is 4.72 Å². The lowest BCUT2D eigenvalue weighted by Gasteiger charge is -2.22. The van der Waals surface area contributed by atoms with Gasteiger partial charge in [0.2, 0.25) is 10.0 Å². The first-order chi connectivity index (χ1) is 6.64. The molecule has 6 heteroatoms. The standard InChI is InChI=1S/C8H16ClNO2S2/c9-4-1-7-14(11,12)10-8-2-5-13-6-3-8/h8,10H,1-7H2. The summed E-state index contributed by atoms with van der Waals surface area (Å²) in [5, 5.41) is 0. The van der Waals surface area contributed by atoms with Crippen molar-refractivity contribution in [2.75, 3.05) is 23.1 Å². The van der Waals surface area contributed by atoms with Crippen LogP contribution >= 0.6 is 23.4 Å². The third-order valence-corrected chi connectivity index (χ3v) is 4.95. The molecule has 0 aromatic heterocycles. The number of thioether (sulfide) groups is 1. The third-order valence-electron chi connectivity index (χ3n) is 2.11. The molecule has 0 atom stereocenters. The minimum absolute atomic E-state index is 0.150. The van der Waals surface area contributed by atoms with Crippen LogP contribution in [0.25, 0.3) is 0 Å². The second kappa shape index (κ2) is 6.20. The first-order valence-electron chi connectivity index (χ1n) is 4.78. The molecule has 3 nitrogen and oxygen atoms in total. The Bertz CT molecular complexity index is 250. The highest BCUT2D eigenvalue weighted by atomic mass is 35.5. The van der Waals surface area contributed by atoms with Crippen LogP contribution in [0.15, 0.2) is 0 Å². The Morgan fingerprint density at radius 2 is 2.00 bits per heavy atom. The van der Waals surface area contributed by atoms with Crippen LogP contribution in [-0.2, 0) is 10.0 Å². The van der Waals surface area contributed by atoms with Gasteiger partial charge in [-0.2, -0.15) is 11.8 Å². The Balaban J connectivity index is 2.33. The molecule has 1 aliphatic heterocycles. The van der Waals surface area contributed by atoms with E-state index in [0.29, 0.717) is 12.3 Å². The first kappa shape index (κ1) is 12.6. The van der Waals surface area contributed by atoms with Crippen molar-refractivity contribution >= 4 is 33.4 Å². The molecular formula is C8H16ClNO2S2. The van der Waals surface area contributed by atoms with Gasteiger partial charge < -0.3 is 0 Å². The van der Waals surface area contributed by atoms with E-state index in [-0.39, 0.29) is 11.8 Å². The molecule has 1 aliphatic rings. The molecule has 1 fully saturated rings. The van der Waals surface area contributed by atoms with Crippen LogP contribution in [0.1, 0.15) is 19.3 Å². The molecule has 0 aliphatic carbocycles. The number of hydrogen-bond acceptors (Lipinski definition) is 3. The van der Waals surface area contributed by atoms with Gasteiger partial charge >= 0.3 is 0 Å². The quantitative estimate of drug-likeness (QED) is 0.758. The fourth-order valence-corrected chi connectivity index (χ4v) is 4.16. The molecule has 84 valence electrons. The van der Waals surface area contributed by atoms with Crippen molar-refractivity contribution in [3.63, 3.8) is 0 Å². The molecule has 0 saturated carbocycles. The number of sulfonamides is 1. The maximum Gasteiger partial charge on any atom is 0.211 e. The van der Waals surface area contributed by atoms with E-state index in [1.807, 2.05) is 11.8 Å². The second-order valence-electron chi connectivity index (χ2n) is 3.37. The predicted octanol–water partition coefficient (Wildman–Crippen LogP) is 1.43. The van der Waals surface area contributed by atoms with Crippen LogP contribution in [0.4, 0.5) is 0 Å². The van der Waals surface area contributed by atoms with Crippen LogP contribution in [0.5, 0.6) is 0 Å². The van der Waals surface area contributed by atoms with Gasteiger partial charge in [0.25, 0.3) is 0 Å². The second-order valence-corrected chi connectivity index (χ2v) is 6.84. The van der Waals surface area contributed by atoms with Crippen LogP contribution in [0.3, 0.4) is 0 Å². The lowest BCUT2D eigenvalue weighted by atomic mass is 10.2. The van der Waals surface area contributed by atoms with Crippen molar-refractivity contribution in [3.05, 3.63) is 0 Å². The van der Waals surface area contributed by atoms with E-state index in [2.05, 4.69) is 4.72 Å². The van der Waals surface area contributed by atoms with Gasteiger partial charge in [-0.3, -0.25) is 0 Å². The summed E-state index contributed by atoms with van der Waals surface area (Å²) in [6, 6.07) is 0.150. The molecule has 14 heavy (non-hydrogen) atoms. The Hall–Kier alpha value is 0.550. The molecule has 0 aromatic rings. The molecule has 1 heterocycles. The number of halogens is 1. The highest BCUT2D eigenvalue weighted by Gasteiger charge is 2.19. The number of hydrogen-bond donors (Lipinski definition) is 1. The van der Waals surface area contributed by atoms with Gasteiger partial charge in [-0.15, -0.1) is 11.6 Å². The van der Waals surface area contributed by atoms with E-state index in [4.69, 9.17) is 11.6 Å². The summed E-state index contributed by atoms with van der Waals surface area (Å²) in [7, 11) is -3.09. The van der Waals surface area contributed by atoms with Crippen molar-refractivity contribution in [1.82, 2.24) is 4.72 Å². The zero-order valence-corrected chi connectivity index (χ0v) is 10.4. The summed E-state index contributed by atoms with van der Waals surface area (Å²) >= 11 is 7.34. The Morgan fingerprint density at radius 1 is 1.36 bits per heavy atom. The molecule has 0 bridgehead atoms. The average Bonchev–Trinajstić information content (AvgIpc) is 2.16. The summed E-state index contributed by atoms with van der Waals surface area (Å²) in [4.78, 5) is 0. The topological polar surface area (TPSA) is 46.2 Å². The molecular weight excluding hydrogens is 242 g/mol. The zero-order chi connectivity index (χ0) is 10.4. The van der Waals surface area contributed by atoms with E-state index in [9.17, 15) is 8.42 Å². The smallest absolute Gasteiger partial charge is 0.211 e. The molecule has 1 N–H and O–H groups in total. The predicted molar refractivity (Wildman–Crippen MR) is 62.6 cm³/mol. The molecule has 0 spiro atoms. The van der Waals surface area contributed by atoms with Crippen molar-refractivity contribution in [2.24, 2.45) is 0 Å². The van der Waals surface area contributed by atoms with Crippen molar-refractivity contribution < 1.29 is 8.42 Å². The molecule has 0 radical (unpaired) electrons. The summed E-state index contributed by atoms with van der Waals surface area (Å²) in [5.41, 5.74) is 0. The summed E-state index contributed by atoms with van der Waals surface area (Å²) in [5.74, 6) is 2.67. The van der Waals surface area contributed by atoms with Crippen molar-refractivity contribution in [3.8, 4) is 0 Å². The number of alkyl halides is 1. The Kier molecular flexibility index (Phi) is 5.59. The fourth-order valence-electron chi connectivity index (χ4n) is 1.37.